The molecule has 0 unspecified atom stereocenters. The van der Waals surface area contributed by atoms with Crippen LogP contribution in [0.15, 0.2) is 17.2 Å². The number of likely N-dealkylation sites (tertiary alicyclic amines) is 1. The van der Waals surface area contributed by atoms with Gasteiger partial charge in [0, 0.05) is 32.3 Å². The lowest BCUT2D eigenvalue weighted by molar-refractivity contribution is -0.653. The van der Waals surface area contributed by atoms with Crippen LogP contribution in [0.2, 0.25) is 0 Å². The van der Waals surface area contributed by atoms with Gasteiger partial charge >= 0.3 is 17.3 Å². The highest BCUT2D eigenvalue weighted by molar-refractivity contribution is 7.90. The fourth-order valence-corrected chi connectivity index (χ4v) is 4.96. The Balaban J connectivity index is 1.42. The Bertz CT molecular complexity index is 1000. The fourth-order valence-electron chi connectivity index (χ4n) is 4.20. The first-order valence-electron chi connectivity index (χ1n) is 11.5. The van der Waals surface area contributed by atoms with Gasteiger partial charge in [0.25, 0.3) is 0 Å². The smallest absolute Gasteiger partial charge is 0.425 e. The van der Waals surface area contributed by atoms with Gasteiger partial charge in [0.05, 0.1) is 18.3 Å². The molecular formula is C22H31F3N2O7S. The summed E-state index contributed by atoms with van der Waals surface area (Å²) in [5.74, 6) is 0.343. The van der Waals surface area contributed by atoms with Crippen LogP contribution in [0.5, 0.6) is 5.75 Å². The maximum atomic E-state index is 12.6. The molecule has 13 heteroatoms. The third-order valence-electron chi connectivity index (χ3n) is 6.36. The molecule has 1 aromatic heterocycles. The number of sulfone groups is 1. The van der Waals surface area contributed by atoms with Crippen LogP contribution < -0.4 is 9.47 Å². The number of halogens is 3. The molecule has 1 aliphatic heterocycles. The molecule has 1 saturated heterocycles. The van der Waals surface area contributed by atoms with Crippen molar-refractivity contribution in [2.24, 2.45) is 0 Å². The molecule has 1 aliphatic carbocycles. The van der Waals surface area contributed by atoms with Crippen LogP contribution in [-0.2, 0) is 19.3 Å². The number of nitrogens with zero attached hydrogens (tertiary/aromatic N) is 2. The predicted molar refractivity (Wildman–Crippen MR) is 118 cm³/mol. The molecule has 0 bridgehead atoms. The molecule has 198 valence electrons. The van der Waals surface area contributed by atoms with E-state index in [2.05, 4.69) is 4.74 Å². The van der Waals surface area contributed by atoms with Crippen molar-refractivity contribution in [2.45, 2.75) is 88.0 Å². The standard InChI is InChI=1S/C22H31F3N2O7S/c1-14-19(8-9-20(27(14)29)35(3,30)31)34-17-6-4-16(5-7-17)33-18-10-12-26(13-11-18)21(28)32-15(2)22(23,24)25/h8-9,15-18H,4-7,10-13H2,1-3H3/t15-,16?,17?/m1/s1. The average molecular weight is 525 g/mol. The summed E-state index contributed by atoms with van der Waals surface area (Å²) in [4.78, 5) is 13.2. The van der Waals surface area contributed by atoms with Crippen LogP contribution >= 0.6 is 0 Å². The first-order valence-corrected chi connectivity index (χ1v) is 13.4. The summed E-state index contributed by atoms with van der Waals surface area (Å²) in [5, 5.41) is 11.9. The number of rotatable bonds is 6. The monoisotopic (exact) mass is 524 g/mol. The Labute approximate surface area is 202 Å². The van der Waals surface area contributed by atoms with Gasteiger partial charge < -0.3 is 24.3 Å². The van der Waals surface area contributed by atoms with Gasteiger partial charge in [-0.2, -0.15) is 17.9 Å². The summed E-state index contributed by atoms with van der Waals surface area (Å²) < 4.78 is 78.1. The Hall–Kier alpha value is -2.28. The number of aromatic nitrogens is 1. The van der Waals surface area contributed by atoms with Crippen LogP contribution in [0.4, 0.5) is 18.0 Å². The molecule has 0 aromatic carbocycles. The highest BCUT2D eigenvalue weighted by Gasteiger charge is 2.40. The largest absolute Gasteiger partial charge is 0.617 e. The predicted octanol–water partition coefficient (Wildman–Crippen LogP) is 3.29. The molecule has 3 rings (SSSR count). The lowest BCUT2D eigenvalue weighted by Crippen LogP contribution is -2.44. The Morgan fingerprint density at radius 3 is 2.17 bits per heavy atom. The number of amides is 1. The van der Waals surface area contributed by atoms with Crippen molar-refractivity contribution in [3.63, 3.8) is 0 Å². The minimum absolute atomic E-state index is 0.00162. The molecule has 1 amide bonds. The number of piperidine rings is 1. The van der Waals surface area contributed by atoms with Gasteiger partial charge in [-0.05, 0) is 51.5 Å². The third kappa shape index (κ3) is 7.12. The quantitative estimate of drug-likeness (QED) is 0.415. The molecule has 2 aliphatic rings. The lowest BCUT2D eigenvalue weighted by atomic mass is 9.94. The topological polar surface area (TPSA) is 109 Å². The van der Waals surface area contributed by atoms with Crippen molar-refractivity contribution in [1.82, 2.24) is 4.90 Å². The van der Waals surface area contributed by atoms with Crippen LogP contribution in [0.1, 0.15) is 51.1 Å². The van der Waals surface area contributed by atoms with Crippen LogP contribution in [0, 0.1) is 12.1 Å². The first kappa shape index (κ1) is 27.3. The first-order chi connectivity index (χ1) is 16.3. The third-order valence-corrected chi connectivity index (χ3v) is 7.42. The summed E-state index contributed by atoms with van der Waals surface area (Å²) in [7, 11) is -3.64. The van der Waals surface area contributed by atoms with Crippen molar-refractivity contribution in [1.29, 1.82) is 0 Å². The summed E-state index contributed by atoms with van der Waals surface area (Å²) in [5.41, 5.74) is 0.182. The van der Waals surface area contributed by atoms with Crippen LogP contribution in [0.3, 0.4) is 0 Å². The molecule has 9 nitrogen and oxygen atoms in total. The zero-order valence-corrected chi connectivity index (χ0v) is 20.7. The normalized spacial score (nSPS) is 23.1. The van der Waals surface area contributed by atoms with E-state index in [1.165, 1.54) is 24.0 Å². The van der Waals surface area contributed by atoms with E-state index in [9.17, 15) is 31.6 Å². The Morgan fingerprint density at radius 2 is 1.63 bits per heavy atom. The van der Waals surface area contributed by atoms with Crippen molar-refractivity contribution in [3.8, 4) is 5.75 Å². The number of carbonyl (C=O) groups is 1. The SMILES string of the molecule is Cc1c(OC2CCC(OC3CCN(C(=O)O[C@H](C)C(F)(F)F)CC3)CC2)ccc(S(C)(=O)=O)[n+]1[O-]. The average Bonchev–Trinajstić information content (AvgIpc) is 2.77. The zero-order chi connectivity index (χ0) is 26.0. The number of pyridine rings is 1. The van der Waals surface area contributed by atoms with E-state index < -0.39 is 28.2 Å². The molecule has 0 N–H and O–H groups in total. The Morgan fingerprint density at radius 1 is 1.09 bits per heavy atom. The van der Waals surface area contributed by atoms with Crippen molar-refractivity contribution in [2.75, 3.05) is 19.3 Å². The van der Waals surface area contributed by atoms with E-state index in [0.29, 0.717) is 36.2 Å². The summed E-state index contributed by atoms with van der Waals surface area (Å²) in [6.45, 7) is 2.85. The highest BCUT2D eigenvalue weighted by atomic mass is 32.2. The number of carbonyl (C=O) groups excluding carboxylic acids is 1. The molecule has 2 heterocycles. The lowest BCUT2D eigenvalue weighted by Gasteiger charge is -2.36. The van der Waals surface area contributed by atoms with Gasteiger partial charge in [-0.3, -0.25) is 0 Å². The fraction of sp³-hybridized carbons (Fsp3) is 0.727. The molecular weight excluding hydrogens is 493 g/mol. The second-order valence-electron chi connectivity index (χ2n) is 9.09. The van der Waals surface area contributed by atoms with Gasteiger partial charge in [-0.1, -0.05) is 0 Å². The van der Waals surface area contributed by atoms with Gasteiger partial charge in [0.15, 0.2) is 11.9 Å². The van der Waals surface area contributed by atoms with Gasteiger partial charge in [-0.15, -0.1) is 0 Å². The minimum Gasteiger partial charge on any atom is -0.617 e. The molecule has 1 atom stereocenters. The molecule has 0 radical (unpaired) electrons. The second kappa shape index (κ2) is 10.8. The maximum absolute atomic E-state index is 12.6. The number of hydrogen-bond acceptors (Lipinski definition) is 7. The Kier molecular flexibility index (Phi) is 8.40. The van der Waals surface area contributed by atoms with Crippen LogP contribution in [0.25, 0.3) is 0 Å². The number of ether oxygens (including phenoxy) is 3. The summed E-state index contributed by atoms with van der Waals surface area (Å²) >= 11 is 0. The second-order valence-corrected chi connectivity index (χ2v) is 11.1. The summed E-state index contributed by atoms with van der Waals surface area (Å²) in [6.07, 6.45) is -3.08. The van der Waals surface area contributed by atoms with Gasteiger partial charge in [-0.25, -0.2) is 13.2 Å². The molecule has 0 spiro atoms. The van der Waals surface area contributed by atoms with Crippen LogP contribution in [-0.4, -0.2) is 69.3 Å². The number of hydrogen-bond donors (Lipinski definition) is 0. The maximum Gasteiger partial charge on any atom is 0.425 e. The highest BCUT2D eigenvalue weighted by Crippen LogP contribution is 2.29. The van der Waals surface area contributed by atoms with Crippen molar-refractivity contribution < 1.29 is 45.3 Å². The molecule has 2 fully saturated rings. The van der Waals surface area contributed by atoms with Gasteiger partial charge in [0.1, 0.15) is 0 Å². The molecule has 1 aromatic rings. The molecule has 1 saturated carbocycles. The van der Waals surface area contributed by atoms with E-state index in [1.54, 1.807) is 0 Å². The van der Waals surface area contributed by atoms with Gasteiger partial charge in [0.2, 0.25) is 15.5 Å². The number of alkyl halides is 3. The van der Waals surface area contributed by atoms with E-state index >= 15 is 0 Å². The molecule has 35 heavy (non-hydrogen) atoms. The zero-order valence-electron chi connectivity index (χ0n) is 19.9. The van der Waals surface area contributed by atoms with E-state index in [4.69, 9.17) is 9.47 Å². The summed E-state index contributed by atoms with van der Waals surface area (Å²) in [6, 6.07) is 2.74. The van der Waals surface area contributed by atoms with E-state index in [-0.39, 0.29) is 42.1 Å². The van der Waals surface area contributed by atoms with E-state index in [0.717, 1.165) is 26.0 Å². The van der Waals surface area contributed by atoms with Crippen molar-refractivity contribution >= 4 is 15.9 Å². The van der Waals surface area contributed by atoms with E-state index in [1.807, 2.05) is 0 Å². The van der Waals surface area contributed by atoms with Crippen molar-refractivity contribution in [3.05, 3.63) is 23.0 Å². The minimum atomic E-state index is -4.59.